The van der Waals surface area contributed by atoms with E-state index in [4.69, 9.17) is 4.74 Å². The first-order chi connectivity index (χ1) is 8.77. The Morgan fingerprint density at radius 2 is 1.83 bits per heavy atom. The standard InChI is InChI=1S/C16H15FO/c1-11-6-2-3-7-12(11)16(17)14-10-18-15-9-5-4-8-13(14)15/h2-9,14,16H,10H2,1H3. The fraction of sp³-hybridized carbons (Fsp3) is 0.250. The van der Waals surface area contributed by atoms with Crippen molar-refractivity contribution in [3.05, 3.63) is 65.2 Å². The molecule has 0 aromatic heterocycles. The molecule has 1 nitrogen and oxygen atoms in total. The van der Waals surface area contributed by atoms with Crippen LogP contribution in [0.1, 0.15) is 28.8 Å². The highest BCUT2D eigenvalue weighted by molar-refractivity contribution is 5.42. The van der Waals surface area contributed by atoms with Crippen molar-refractivity contribution in [1.29, 1.82) is 0 Å². The molecule has 2 aromatic rings. The van der Waals surface area contributed by atoms with E-state index in [1.54, 1.807) is 0 Å². The van der Waals surface area contributed by atoms with Crippen LogP contribution in [0.2, 0.25) is 0 Å². The highest BCUT2D eigenvalue weighted by Gasteiger charge is 2.32. The summed E-state index contributed by atoms with van der Waals surface area (Å²) in [5, 5.41) is 0. The van der Waals surface area contributed by atoms with Gasteiger partial charge in [0.2, 0.25) is 0 Å². The van der Waals surface area contributed by atoms with Gasteiger partial charge in [-0.15, -0.1) is 0 Å². The zero-order chi connectivity index (χ0) is 12.5. The molecular weight excluding hydrogens is 227 g/mol. The molecule has 0 spiro atoms. The first-order valence-electron chi connectivity index (χ1n) is 6.18. The van der Waals surface area contributed by atoms with Gasteiger partial charge in [-0.05, 0) is 24.1 Å². The van der Waals surface area contributed by atoms with Gasteiger partial charge in [-0.3, -0.25) is 0 Å². The molecule has 1 aliphatic heterocycles. The van der Waals surface area contributed by atoms with Gasteiger partial charge in [-0.25, -0.2) is 4.39 Å². The van der Waals surface area contributed by atoms with Crippen LogP contribution in [0.5, 0.6) is 5.75 Å². The summed E-state index contributed by atoms with van der Waals surface area (Å²) in [7, 11) is 0. The fourth-order valence-corrected chi connectivity index (χ4v) is 2.54. The van der Waals surface area contributed by atoms with Crippen LogP contribution in [0.4, 0.5) is 4.39 Å². The van der Waals surface area contributed by atoms with E-state index in [1.807, 2.05) is 55.5 Å². The van der Waals surface area contributed by atoms with E-state index in [1.165, 1.54) is 0 Å². The second-order valence-electron chi connectivity index (χ2n) is 4.71. The summed E-state index contributed by atoms with van der Waals surface area (Å²) < 4.78 is 20.3. The maximum absolute atomic E-state index is 14.7. The summed E-state index contributed by atoms with van der Waals surface area (Å²) in [6.07, 6.45) is -1.00. The Kier molecular flexibility index (Phi) is 2.78. The Balaban J connectivity index is 1.96. The first kappa shape index (κ1) is 11.3. The summed E-state index contributed by atoms with van der Waals surface area (Å²) in [6, 6.07) is 15.3. The molecule has 2 aromatic carbocycles. The van der Waals surface area contributed by atoms with Crippen LogP contribution in [0.25, 0.3) is 0 Å². The van der Waals surface area contributed by atoms with Gasteiger partial charge < -0.3 is 4.74 Å². The number of aryl methyl sites for hydroxylation is 1. The molecular formula is C16H15FO. The van der Waals surface area contributed by atoms with E-state index >= 15 is 0 Å². The number of ether oxygens (including phenoxy) is 1. The van der Waals surface area contributed by atoms with E-state index in [9.17, 15) is 4.39 Å². The molecule has 2 atom stereocenters. The molecule has 1 heterocycles. The monoisotopic (exact) mass is 242 g/mol. The predicted molar refractivity (Wildman–Crippen MR) is 69.7 cm³/mol. The number of benzene rings is 2. The second-order valence-corrected chi connectivity index (χ2v) is 4.71. The number of fused-ring (bicyclic) bond motifs is 1. The van der Waals surface area contributed by atoms with Gasteiger partial charge in [0.1, 0.15) is 11.9 Å². The minimum atomic E-state index is -1.00. The summed E-state index contributed by atoms with van der Waals surface area (Å²) in [6.45, 7) is 2.37. The molecule has 0 saturated heterocycles. The molecule has 2 unspecified atom stereocenters. The Morgan fingerprint density at radius 1 is 1.11 bits per heavy atom. The summed E-state index contributed by atoms with van der Waals surface area (Å²) >= 11 is 0. The third-order valence-electron chi connectivity index (χ3n) is 3.58. The van der Waals surface area contributed by atoms with Crippen LogP contribution in [-0.4, -0.2) is 6.61 Å². The van der Waals surface area contributed by atoms with Crippen LogP contribution < -0.4 is 4.74 Å². The van der Waals surface area contributed by atoms with E-state index in [0.717, 1.165) is 22.4 Å². The molecule has 0 N–H and O–H groups in total. The minimum absolute atomic E-state index is 0.192. The van der Waals surface area contributed by atoms with Crippen LogP contribution in [-0.2, 0) is 0 Å². The van der Waals surface area contributed by atoms with Crippen molar-refractivity contribution in [1.82, 2.24) is 0 Å². The normalized spacial score (nSPS) is 19.1. The number of halogens is 1. The quantitative estimate of drug-likeness (QED) is 0.767. The van der Waals surface area contributed by atoms with Crippen molar-refractivity contribution in [2.75, 3.05) is 6.61 Å². The Morgan fingerprint density at radius 3 is 2.67 bits per heavy atom. The van der Waals surface area contributed by atoms with Crippen molar-refractivity contribution in [2.24, 2.45) is 0 Å². The maximum Gasteiger partial charge on any atom is 0.136 e. The number of hydrogen-bond acceptors (Lipinski definition) is 1. The summed E-state index contributed by atoms with van der Waals surface area (Å²) in [4.78, 5) is 0. The third kappa shape index (κ3) is 1.78. The fourth-order valence-electron chi connectivity index (χ4n) is 2.54. The van der Waals surface area contributed by atoms with Crippen LogP contribution in [0, 0.1) is 6.92 Å². The summed E-state index contributed by atoms with van der Waals surface area (Å²) in [5.74, 6) is 0.626. The molecule has 0 amide bonds. The van der Waals surface area contributed by atoms with Gasteiger partial charge in [0.15, 0.2) is 0 Å². The molecule has 18 heavy (non-hydrogen) atoms. The van der Waals surface area contributed by atoms with E-state index in [0.29, 0.717) is 6.61 Å². The van der Waals surface area contributed by atoms with Gasteiger partial charge in [-0.2, -0.15) is 0 Å². The molecule has 0 fully saturated rings. The number of hydrogen-bond donors (Lipinski definition) is 0. The lowest BCUT2D eigenvalue weighted by Crippen LogP contribution is -2.09. The number of alkyl halides is 1. The highest BCUT2D eigenvalue weighted by atomic mass is 19.1. The largest absolute Gasteiger partial charge is 0.493 e. The minimum Gasteiger partial charge on any atom is -0.493 e. The molecule has 0 bridgehead atoms. The van der Waals surface area contributed by atoms with Crippen LogP contribution >= 0.6 is 0 Å². The van der Waals surface area contributed by atoms with Crippen molar-refractivity contribution in [3.8, 4) is 5.75 Å². The molecule has 1 aliphatic rings. The number of para-hydroxylation sites is 1. The smallest absolute Gasteiger partial charge is 0.136 e. The average Bonchev–Trinajstić information content (AvgIpc) is 2.82. The van der Waals surface area contributed by atoms with E-state index in [-0.39, 0.29) is 5.92 Å². The lowest BCUT2D eigenvalue weighted by Gasteiger charge is -2.17. The van der Waals surface area contributed by atoms with Crippen molar-refractivity contribution in [2.45, 2.75) is 19.0 Å². The topological polar surface area (TPSA) is 9.23 Å². The van der Waals surface area contributed by atoms with Gasteiger partial charge in [-0.1, -0.05) is 42.5 Å². The van der Waals surface area contributed by atoms with Gasteiger partial charge in [0, 0.05) is 5.56 Å². The van der Waals surface area contributed by atoms with E-state index in [2.05, 4.69) is 0 Å². The van der Waals surface area contributed by atoms with Crippen LogP contribution in [0.15, 0.2) is 48.5 Å². The highest BCUT2D eigenvalue weighted by Crippen LogP contribution is 2.43. The average molecular weight is 242 g/mol. The van der Waals surface area contributed by atoms with Gasteiger partial charge in [0.05, 0.1) is 12.5 Å². The SMILES string of the molecule is Cc1ccccc1C(F)C1COc2ccccc21. The molecule has 3 rings (SSSR count). The lowest BCUT2D eigenvalue weighted by atomic mass is 9.90. The van der Waals surface area contributed by atoms with Gasteiger partial charge >= 0.3 is 0 Å². The Bertz CT molecular complexity index is 565. The molecule has 0 saturated carbocycles. The van der Waals surface area contributed by atoms with Crippen molar-refractivity contribution >= 4 is 0 Å². The summed E-state index contributed by atoms with van der Waals surface area (Å²) in [5.41, 5.74) is 2.74. The zero-order valence-corrected chi connectivity index (χ0v) is 10.3. The zero-order valence-electron chi connectivity index (χ0n) is 10.3. The van der Waals surface area contributed by atoms with Crippen molar-refractivity contribution in [3.63, 3.8) is 0 Å². The molecule has 2 heteroatoms. The number of rotatable bonds is 2. The molecule has 92 valence electrons. The predicted octanol–water partition coefficient (Wildman–Crippen LogP) is 4.18. The van der Waals surface area contributed by atoms with Gasteiger partial charge in [0.25, 0.3) is 0 Å². The Labute approximate surface area is 106 Å². The molecule has 0 radical (unpaired) electrons. The van der Waals surface area contributed by atoms with Crippen LogP contribution in [0.3, 0.4) is 0 Å². The van der Waals surface area contributed by atoms with E-state index < -0.39 is 6.17 Å². The lowest BCUT2D eigenvalue weighted by molar-refractivity contribution is 0.235. The Hall–Kier alpha value is -1.83. The van der Waals surface area contributed by atoms with Crippen molar-refractivity contribution < 1.29 is 9.13 Å². The maximum atomic E-state index is 14.7. The second kappa shape index (κ2) is 4.45. The first-order valence-corrected chi connectivity index (χ1v) is 6.18. The third-order valence-corrected chi connectivity index (χ3v) is 3.58. The molecule has 0 aliphatic carbocycles.